The van der Waals surface area contributed by atoms with Crippen molar-refractivity contribution in [2.24, 2.45) is 0 Å². The first-order chi connectivity index (χ1) is 14.4. The summed E-state index contributed by atoms with van der Waals surface area (Å²) in [4.78, 5) is 28.7. The van der Waals surface area contributed by atoms with Gasteiger partial charge in [0.1, 0.15) is 5.58 Å². The summed E-state index contributed by atoms with van der Waals surface area (Å²) in [5.74, 6) is -0.213. The van der Waals surface area contributed by atoms with Crippen LogP contribution in [-0.4, -0.2) is 5.91 Å². The summed E-state index contributed by atoms with van der Waals surface area (Å²) in [6.45, 7) is 1.97. The number of halogens is 2. The summed E-state index contributed by atoms with van der Waals surface area (Å²) in [5.41, 5.74) is 3.17. The number of aryl methyl sites for hydroxylation is 1. The van der Waals surface area contributed by atoms with Crippen LogP contribution in [0.15, 0.2) is 84.9 Å². The highest BCUT2D eigenvalue weighted by atomic mass is 79.9. The highest BCUT2D eigenvalue weighted by Gasteiger charge is 2.43. The van der Waals surface area contributed by atoms with Crippen molar-refractivity contribution in [1.29, 1.82) is 0 Å². The lowest BCUT2D eigenvalue weighted by atomic mass is 9.98. The van der Waals surface area contributed by atoms with Crippen molar-refractivity contribution < 1.29 is 9.21 Å². The molecule has 148 valence electrons. The molecule has 0 fully saturated rings. The molecule has 1 aliphatic rings. The van der Waals surface area contributed by atoms with Crippen LogP contribution in [0.25, 0.3) is 11.0 Å². The molecule has 0 radical (unpaired) electrons. The number of hydrogen-bond donors (Lipinski definition) is 0. The van der Waals surface area contributed by atoms with Crippen molar-refractivity contribution in [3.63, 3.8) is 0 Å². The van der Waals surface area contributed by atoms with Crippen LogP contribution >= 0.6 is 31.9 Å². The van der Waals surface area contributed by atoms with Crippen molar-refractivity contribution in [1.82, 2.24) is 0 Å². The van der Waals surface area contributed by atoms with Crippen LogP contribution in [-0.2, 0) is 0 Å². The number of anilines is 1. The molecule has 0 bridgehead atoms. The molecule has 2 heterocycles. The van der Waals surface area contributed by atoms with Crippen LogP contribution in [0.3, 0.4) is 0 Å². The Labute approximate surface area is 189 Å². The van der Waals surface area contributed by atoms with Crippen LogP contribution in [0.4, 0.5) is 5.69 Å². The molecular weight excluding hydrogens is 510 g/mol. The summed E-state index contributed by atoms with van der Waals surface area (Å²) in [7, 11) is 0. The van der Waals surface area contributed by atoms with Gasteiger partial charge in [0.2, 0.25) is 5.76 Å². The molecule has 4 nitrogen and oxygen atoms in total. The molecule has 5 rings (SSSR count). The number of carbonyl (C=O) groups excluding carboxylic acids is 1. The molecule has 0 aliphatic carbocycles. The number of carbonyl (C=O) groups is 1. The molecule has 1 aliphatic heterocycles. The summed E-state index contributed by atoms with van der Waals surface area (Å²) in [5, 5.41) is 0.448. The van der Waals surface area contributed by atoms with E-state index in [-0.39, 0.29) is 17.1 Å². The zero-order valence-electron chi connectivity index (χ0n) is 15.9. The maximum Gasteiger partial charge on any atom is 0.295 e. The average molecular weight is 525 g/mol. The third kappa shape index (κ3) is 3.02. The minimum absolute atomic E-state index is 0.101. The van der Waals surface area contributed by atoms with Crippen LogP contribution in [0.2, 0.25) is 0 Å². The normalized spacial score (nSPS) is 15.6. The van der Waals surface area contributed by atoms with Crippen molar-refractivity contribution in [2.75, 3.05) is 4.90 Å². The van der Waals surface area contributed by atoms with Crippen molar-refractivity contribution >= 4 is 54.4 Å². The minimum Gasteiger partial charge on any atom is -0.450 e. The highest BCUT2D eigenvalue weighted by Crippen LogP contribution is 2.41. The van der Waals surface area contributed by atoms with Gasteiger partial charge < -0.3 is 4.42 Å². The van der Waals surface area contributed by atoms with E-state index in [4.69, 9.17) is 4.42 Å². The first kappa shape index (κ1) is 19.3. The Bertz CT molecular complexity index is 1380. The van der Waals surface area contributed by atoms with E-state index in [9.17, 15) is 9.59 Å². The molecule has 4 aromatic rings. The second-order valence-corrected chi connectivity index (χ2v) is 9.11. The van der Waals surface area contributed by atoms with Crippen LogP contribution < -0.4 is 10.3 Å². The van der Waals surface area contributed by atoms with Gasteiger partial charge in [-0.25, -0.2) is 0 Å². The zero-order valence-corrected chi connectivity index (χ0v) is 19.0. The zero-order chi connectivity index (χ0) is 21.0. The number of fused-ring (bicyclic) bond motifs is 2. The van der Waals surface area contributed by atoms with Crippen molar-refractivity contribution in [3.8, 4) is 0 Å². The van der Waals surface area contributed by atoms with Gasteiger partial charge in [-0.15, -0.1) is 0 Å². The van der Waals surface area contributed by atoms with E-state index in [0.717, 1.165) is 25.8 Å². The second-order valence-electron chi connectivity index (χ2n) is 7.28. The minimum atomic E-state index is -0.568. The topological polar surface area (TPSA) is 50.5 Å². The molecule has 1 amide bonds. The Balaban J connectivity index is 1.83. The first-order valence-electron chi connectivity index (χ1n) is 9.36. The molecule has 1 aromatic heterocycles. The van der Waals surface area contributed by atoms with E-state index in [1.54, 1.807) is 23.1 Å². The predicted octanol–water partition coefficient (Wildman–Crippen LogP) is 6.38. The van der Waals surface area contributed by atoms with Crippen LogP contribution in [0.1, 0.15) is 33.3 Å². The molecule has 1 unspecified atom stereocenters. The van der Waals surface area contributed by atoms with Gasteiger partial charge in [-0.2, -0.15) is 0 Å². The van der Waals surface area contributed by atoms with Gasteiger partial charge in [0.25, 0.3) is 5.91 Å². The Morgan fingerprint density at radius 3 is 2.37 bits per heavy atom. The van der Waals surface area contributed by atoms with Gasteiger partial charge in [-0.05, 0) is 60.5 Å². The third-order valence-electron chi connectivity index (χ3n) is 5.30. The Kier molecular flexibility index (Phi) is 4.64. The Hall–Kier alpha value is -2.70. The van der Waals surface area contributed by atoms with E-state index in [0.29, 0.717) is 16.5 Å². The van der Waals surface area contributed by atoms with Gasteiger partial charge in [-0.3, -0.25) is 14.5 Å². The lowest BCUT2D eigenvalue weighted by Crippen LogP contribution is -2.29. The number of amides is 1. The second kappa shape index (κ2) is 7.22. The van der Waals surface area contributed by atoms with Gasteiger partial charge in [-0.1, -0.05) is 56.1 Å². The van der Waals surface area contributed by atoms with Gasteiger partial charge >= 0.3 is 0 Å². The van der Waals surface area contributed by atoms with Crippen molar-refractivity contribution in [2.45, 2.75) is 13.0 Å². The summed E-state index contributed by atoms with van der Waals surface area (Å²) < 4.78 is 7.69. The molecular formula is C24H15Br2NO3. The fourth-order valence-corrected chi connectivity index (χ4v) is 4.58. The molecule has 1 atom stereocenters. The standard InChI is InChI=1S/C24H15Br2NO3/c1-13-3-2-4-17(11-13)27-21(14-5-7-15(25)8-6-14)20-22(28)18-12-16(26)9-10-19(18)30-23(20)24(27)29/h2-12,21H,1H3. The lowest BCUT2D eigenvalue weighted by Gasteiger charge is -2.25. The number of hydrogen-bond acceptors (Lipinski definition) is 3. The van der Waals surface area contributed by atoms with Crippen LogP contribution in [0.5, 0.6) is 0 Å². The molecule has 3 aromatic carbocycles. The maximum absolute atomic E-state index is 13.5. The van der Waals surface area contributed by atoms with E-state index < -0.39 is 6.04 Å². The summed E-state index contributed by atoms with van der Waals surface area (Å²) in [6.07, 6.45) is 0. The van der Waals surface area contributed by atoms with Gasteiger partial charge in [0.15, 0.2) is 5.43 Å². The molecule has 30 heavy (non-hydrogen) atoms. The molecule has 0 N–H and O–H groups in total. The average Bonchev–Trinajstić information content (AvgIpc) is 3.02. The SMILES string of the molecule is Cc1cccc(N2C(=O)c3oc4ccc(Br)cc4c(=O)c3C2c2ccc(Br)cc2)c1. The highest BCUT2D eigenvalue weighted by molar-refractivity contribution is 9.10. The molecule has 0 saturated carbocycles. The molecule has 0 saturated heterocycles. The smallest absolute Gasteiger partial charge is 0.295 e. The lowest BCUT2D eigenvalue weighted by molar-refractivity contribution is 0.0971. The van der Waals surface area contributed by atoms with Gasteiger partial charge in [0.05, 0.1) is 17.0 Å². The largest absolute Gasteiger partial charge is 0.450 e. The predicted molar refractivity (Wildman–Crippen MR) is 124 cm³/mol. The molecule has 0 spiro atoms. The number of rotatable bonds is 2. The maximum atomic E-state index is 13.5. The number of benzene rings is 3. The monoisotopic (exact) mass is 523 g/mol. The first-order valence-corrected chi connectivity index (χ1v) is 10.9. The quantitative estimate of drug-likeness (QED) is 0.306. The van der Waals surface area contributed by atoms with E-state index >= 15 is 0 Å². The summed E-state index contributed by atoms with van der Waals surface area (Å²) in [6, 6.07) is 20.0. The summed E-state index contributed by atoms with van der Waals surface area (Å²) >= 11 is 6.88. The molecule has 6 heteroatoms. The third-order valence-corrected chi connectivity index (χ3v) is 6.32. The van der Waals surface area contributed by atoms with Crippen LogP contribution in [0, 0.1) is 6.92 Å². The fraction of sp³-hybridized carbons (Fsp3) is 0.0833. The Morgan fingerprint density at radius 1 is 0.900 bits per heavy atom. The van der Waals surface area contributed by atoms with E-state index in [1.807, 2.05) is 55.5 Å². The fourth-order valence-electron chi connectivity index (χ4n) is 3.95. The van der Waals surface area contributed by atoms with Gasteiger partial charge in [0, 0.05) is 14.6 Å². The Morgan fingerprint density at radius 2 is 1.63 bits per heavy atom. The van der Waals surface area contributed by atoms with E-state index in [2.05, 4.69) is 31.9 Å². The van der Waals surface area contributed by atoms with E-state index in [1.165, 1.54) is 0 Å². The van der Waals surface area contributed by atoms with Crippen molar-refractivity contribution in [3.05, 3.63) is 108 Å². The number of nitrogens with zero attached hydrogens (tertiary/aromatic N) is 1.